The van der Waals surface area contributed by atoms with Crippen LogP contribution in [-0.2, 0) is 9.84 Å². The number of nitrogens with zero attached hydrogens (tertiary/aromatic N) is 2. The van der Waals surface area contributed by atoms with Crippen LogP contribution in [0.1, 0.15) is 5.56 Å². The normalized spacial score (nSPS) is 24.6. The van der Waals surface area contributed by atoms with Gasteiger partial charge in [-0.05, 0) is 48.9 Å². The Hall–Kier alpha value is -2.05. The first-order valence-corrected chi connectivity index (χ1v) is 10.2. The molecule has 0 spiro atoms. The maximum atomic E-state index is 13.2. The minimum Gasteiger partial charge on any atom is -0.288 e. The largest absolute Gasteiger partial charge is 0.329 e. The summed E-state index contributed by atoms with van der Waals surface area (Å²) >= 11 is 5.94. The van der Waals surface area contributed by atoms with E-state index in [1.54, 1.807) is 34.1 Å². The highest BCUT2D eigenvalue weighted by molar-refractivity contribution is 7.91. The van der Waals surface area contributed by atoms with Crippen molar-refractivity contribution in [1.29, 1.82) is 0 Å². The van der Waals surface area contributed by atoms with Crippen molar-refractivity contribution in [3.63, 3.8) is 0 Å². The van der Waals surface area contributed by atoms with Gasteiger partial charge in [0.05, 0.1) is 23.6 Å². The highest BCUT2D eigenvalue weighted by atomic mass is 35.5. The number of amides is 2. The Balaban J connectivity index is 1.81. The summed E-state index contributed by atoms with van der Waals surface area (Å²) in [5.41, 5.74) is 2.41. The first-order valence-electron chi connectivity index (χ1n) is 8.01. The molecule has 2 fully saturated rings. The summed E-state index contributed by atoms with van der Waals surface area (Å²) in [6.07, 6.45) is 0. The van der Waals surface area contributed by atoms with Crippen LogP contribution in [0, 0.1) is 6.92 Å². The average Bonchev–Trinajstić information content (AvgIpc) is 2.97. The molecular formula is C18H17ClN2O3S. The molecule has 2 amide bonds. The summed E-state index contributed by atoms with van der Waals surface area (Å²) < 4.78 is 24.5. The van der Waals surface area contributed by atoms with Gasteiger partial charge in [0.15, 0.2) is 9.84 Å². The highest BCUT2D eigenvalue weighted by Gasteiger charge is 2.54. The van der Waals surface area contributed by atoms with Crippen molar-refractivity contribution < 1.29 is 13.2 Å². The zero-order valence-corrected chi connectivity index (χ0v) is 15.2. The van der Waals surface area contributed by atoms with Crippen LogP contribution in [0.4, 0.5) is 16.2 Å². The number of sulfone groups is 1. The van der Waals surface area contributed by atoms with Gasteiger partial charge >= 0.3 is 6.03 Å². The number of anilines is 2. The van der Waals surface area contributed by atoms with Crippen LogP contribution in [0.25, 0.3) is 0 Å². The molecule has 0 aromatic heterocycles. The number of carbonyl (C=O) groups excluding carboxylic acids is 1. The summed E-state index contributed by atoms with van der Waals surface area (Å²) in [4.78, 5) is 16.4. The van der Waals surface area contributed by atoms with E-state index in [-0.39, 0.29) is 29.6 Å². The molecule has 0 bridgehead atoms. The Bertz CT molecular complexity index is 943. The molecule has 130 valence electrons. The summed E-state index contributed by atoms with van der Waals surface area (Å²) in [7, 11) is -3.19. The van der Waals surface area contributed by atoms with Gasteiger partial charge in [-0.25, -0.2) is 13.2 Å². The molecule has 2 heterocycles. The van der Waals surface area contributed by atoms with E-state index in [1.165, 1.54) is 0 Å². The lowest BCUT2D eigenvalue weighted by atomic mass is 10.1. The SMILES string of the molecule is Cc1cccc(N2C(=O)N(c3ccc(Cl)cc3)[C@H]3CS(=O)(=O)C[C@@H]32)c1. The van der Waals surface area contributed by atoms with Gasteiger partial charge in [0.25, 0.3) is 0 Å². The molecule has 0 radical (unpaired) electrons. The van der Waals surface area contributed by atoms with Gasteiger partial charge < -0.3 is 0 Å². The standard InChI is InChI=1S/C18H17ClN2O3S/c1-12-3-2-4-15(9-12)21-17-11-25(23,24)10-16(17)20(18(21)22)14-7-5-13(19)6-8-14/h2-9,16-17H,10-11H2,1H3/t16-,17-/m0/s1. The molecule has 0 saturated carbocycles. The number of halogens is 1. The Morgan fingerprint density at radius 3 is 2.16 bits per heavy atom. The van der Waals surface area contributed by atoms with Gasteiger partial charge in [-0.3, -0.25) is 9.80 Å². The number of hydrogen-bond acceptors (Lipinski definition) is 3. The minimum atomic E-state index is -3.19. The fourth-order valence-electron chi connectivity index (χ4n) is 3.69. The monoisotopic (exact) mass is 376 g/mol. The van der Waals surface area contributed by atoms with Crippen molar-refractivity contribution in [3.05, 3.63) is 59.1 Å². The Labute approximate surface area is 151 Å². The third kappa shape index (κ3) is 2.79. The lowest BCUT2D eigenvalue weighted by Crippen LogP contribution is -2.37. The fourth-order valence-corrected chi connectivity index (χ4v) is 5.73. The summed E-state index contributed by atoms with van der Waals surface area (Å²) in [5, 5.41) is 0.571. The van der Waals surface area contributed by atoms with Crippen LogP contribution < -0.4 is 9.80 Å². The van der Waals surface area contributed by atoms with Crippen LogP contribution >= 0.6 is 11.6 Å². The van der Waals surface area contributed by atoms with E-state index in [0.717, 1.165) is 11.3 Å². The molecule has 25 heavy (non-hydrogen) atoms. The minimum absolute atomic E-state index is 0.0125. The lowest BCUT2D eigenvalue weighted by molar-refractivity contribution is 0.255. The summed E-state index contributed by atoms with van der Waals surface area (Å²) in [6, 6.07) is 13.5. The van der Waals surface area contributed by atoms with E-state index in [2.05, 4.69) is 0 Å². The Kier molecular flexibility index (Phi) is 3.77. The first-order chi connectivity index (χ1) is 11.9. The van der Waals surface area contributed by atoms with Crippen molar-refractivity contribution in [2.75, 3.05) is 21.3 Å². The van der Waals surface area contributed by atoms with Gasteiger partial charge in [-0.15, -0.1) is 0 Å². The number of carbonyl (C=O) groups is 1. The zero-order valence-electron chi connectivity index (χ0n) is 13.6. The van der Waals surface area contributed by atoms with Crippen LogP contribution in [0.5, 0.6) is 0 Å². The van der Waals surface area contributed by atoms with E-state index in [1.807, 2.05) is 31.2 Å². The van der Waals surface area contributed by atoms with Crippen molar-refractivity contribution in [2.24, 2.45) is 0 Å². The zero-order chi connectivity index (χ0) is 17.8. The molecule has 0 N–H and O–H groups in total. The topological polar surface area (TPSA) is 57.7 Å². The molecule has 2 atom stereocenters. The number of benzene rings is 2. The van der Waals surface area contributed by atoms with Crippen LogP contribution in [0.2, 0.25) is 5.02 Å². The van der Waals surface area contributed by atoms with E-state index >= 15 is 0 Å². The van der Waals surface area contributed by atoms with E-state index in [0.29, 0.717) is 10.7 Å². The average molecular weight is 377 g/mol. The molecular weight excluding hydrogens is 360 g/mol. The van der Waals surface area contributed by atoms with Gasteiger partial charge in [0.1, 0.15) is 0 Å². The van der Waals surface area contributed by atoms with Crippen LogP contribution in [0.15, 0.2) is 48.5 Å². The smallest absolute Gasteiger partial charge is 0.288 e. The van der Waals surface area contributed by atoms with E-state index < -0.39 is 9.84 Å². The number of urea groups is 1. The van der Waals surface area contributed by atoms with Crippen LogP contribution in [0.3, 0.4) is 0 Å². The third-order valence-corrected chi connectivity index (χ3v) is 6.70. The van der Waals surface area contributed by atoms with Crippen molar-refractivity contribution in [1.82, 2.24) is 0 Å². The maximum Gasteiger partial charge on any atom is 0.329 e. The second-order valence-corrected chi connectivity index (χ2v) is 9.14. The number of rotatable bonds is 2. The number of hydrogen-bond donors (Lipinski definition) is 0. The predicted octanol–water partition coefficient (Wildman–Crippen LogP) is 3.26. The predicted molar refractivity (Wildman–Crippen MR) is 99.2 cm³/mol. The summed E-state index contributed by atoms with van der Waals surface area (Å²) in [6.45, 7) is 1.95. The van der Waals surface area contributed by atoms with Crippen molar-refractivity contribution >= 4 is 38.8 Å². The molecule has 2 aliphatic rings. The van der Waals surface area contributed by atoms with Crippen molar-refractivity contribution in [3.8, 4) is 0 Å². The molecule has 0 unspecified atom stereocenters. The quantitative estimate of drug-likeness (QED) is 0.756. The molecule has 5 nitrogen and oxygen atoms in total. The van der Waals surface area contributed by atoms with Crippen molar-refractivity contribution in [2.45, 2.75) is 19.0 Å². The molecule has 2 aliphatic heterocycles. The number of aryl methyl sites for hydroxylation is 1. The molecule has 2 aromatic carbocycles. The Morgan fingerprint density at radius 1 is 0.960 bits per heavy atom. The molecule has 4 rings (SSSR count). The van der Waals surface area contributed by atoms with E-state index in [4.69, 9.17) is 11.6 Å². The Morgan fingerprint density at radius 2 is 1.56 bits per heavy atom. The fraction of sp³-hybridized carbons (Fsp3) is 0.278. The lowest BCUT2D eigenvalue weighted by Gasteiger charge is -2.23. The van der Waals surface area contributed by atoms with Gasteiger partial charge in [0, 0.05) is 16.4 Å². The number of fused-ring (bicyclic) bond motifs is 1. The highest BCUT2D eigenvalue weighted by Crippen LogP contribution is 2.38. The molecule has 7 heteroatoms. The maximum absolute atomic E-state index is 13.2. The second kappa shape index (κ2) is 5.75. The van der Waals surface area contributed by atoms with Gasteiger partial charge in [-0.2, -0.15) is 0 Å². The summed E-state index contributed by atoms with van der Waals surface area (Å²) in [5.74, 6) is -0.0320. The molecule has 0 aliphatic carbocycles. The van der Waals surface area contributed by atoms with Gasteiger partial charge in [0.2, 0.25) is 0 Å². The first kappa shape index (κ1) is 16.4. The molecule has 2 aromatic rings. The van der Waals surface area contributed by atoms with E-state index in [9.17, 15) is 13.2 Å². The van der Waals surface area contributed by atoms with Gasteiger partial charge in [-0.1, -0.05) is 23.7 Å². The third-order valence-electron chi connectivity index (χ3n) is 4.75. The molecule has 2 saturated heterocycles. The second-order valence-electron chi connectivity index (χ2n) is 6.55. The van der Waals surface area contributed by atoms with Crippen LogP contribution in [-0.4, -0.2) is 38.0 Å².